The number of carbonyl (C=O) groups excluding carboxylic acids is 2. The van der Waals surface area contributed by atoms with Crippen molar-refractivity contribution in [1.82, 2.24) is 5.32 Å². The van der Waals surface area contributed by atoms with E-state index in [2.05, 4.69) is 17.4 Å². The van der Waals surface area contributed by atoms with Gasteiger partial charge in [-0.2, -0.15) is 0 Å². The summed E-state index contributed by atoms with van der Waals surface area (Å²) in [6, 6.07) is 16.3. The molecular formula is C23H28N2O2. The van der Waals surface area contributed by atoms with Gasteiger partial charge in [-0.1, -0.05) is 42.5 Å². The molecule has 1 heterocycles. The van der Waals surface area contributed by atoms with Crippen LogP contribution in [0.2, 0.25) is 0 Å². The van der Waals surface area contributed by atoms with Crippen molar-refractivity contribution in [3.05, 3.63) is 65.2 Å². The molecule has 0 unspecified atom stereocenters. The standard InChI is InChI=1S/C23H28N2O2/c1-16-8-7-11-21(18(16)3)25-15-20(14-22(25)26)23(27)24-17(2)12-13-19-9-5-4-6-10-19/h4-11,17,20H,12-15H2,1-3H3,(H,24,27)/t17-,20+/m1/s1. The van der Waals surface area contributed by atoms with E-state index in [0.29, 0.717) is 6.54 Å². The molecule has 0 saturated carbocycles. The molecule has 2 amide bonds. The minimum Gasteiger partial charge on any atom is -0.353 e. The summed E-state index contributed by atoms with van der Waals surface area (Å²) in [5.41, 5.74) is 4.45. The maximum atomic E-state index is 12.7. The van der Waals surface area contributed by atoms with Gasteiger partial charge in [-0.15, -0.1) is 0 Å². The van der Waals surface area contributed by atoms with Crippen LogP contribution in [0.3, 0.4) is 0 Å². The second-order valence-corrected chi connectivity index (χ2v) is 7.56. The zero-order valence-electron chi connectivity index (χ0n) is 16.4. The number of nitrogens with zero attached hydrogens (tertiary/aromatic N) is 1. The van der Waals surface area contributed by atoms with E-state index in [-0.39, 0.29) is 30.2 Å². The number of anilines is 1. The van der Waals surface area contributed by atoms with Gasteiger partial charge in [0.25, 0.3) is 0 Å². The minimum absolute atomic E-state index is 0.0169. The van der Waals surface area contributed by atoms with Crippen molar-refractivity contribution < 1.29 is 9.59 Å². The Bertz CT molecular complexity index is 816. The second-order valence-electron chi connectivity index (χ2n) is 7.56. The van der Waals surface area contributed by atoms with Crippen LogP contribution in [0.25, 0.3) is 0 Å². The summed E-state index contributed by atoms with van der Waals surface area (Å²) in [6.07, 6.45) is 2.10. The zero-order valence-corrected chi connectivity index (χ0v) is 16.4. The largest absolute Gasteiger partial charge is 0.353 e. The Balaban J connectivity index is 1.56. The van der Waals surface area contributed by atoms with Crippen LogP contribution in [-0.4, -0.2) is 24.4 Å². The Labute approximate surface area is 161 Å². The molecule has 1 aliphatic rings. The third kappa shape index (κ3) is 4.57. The highest BCUT2D eigenvalue weighted by atomic mass is 16.2. The molecule has 2 aromatic carbocycles. The van der Waals surface area contributed by atoms with Crippen LogP contribution >= 0.6 is 0 Å². The summed E-state index contributed by atoms with van der Waals surface area (Å²) >= 11 is 0. The highest BCUT2D eigenvalue weighted by Gasteiger charge is 2.36. The van der Waals surface area contributed by atoms with E-state index < -0.39 is 0 Å². The average molecular weight is 364 g/mol. The van der Waals surface area contributed by atoms with Crippen molar-refractivity contribution >= 4 is 17.5 Å². The van der Waals surface area contributed by atoms with Crippen molar-refractivity contribution in [2.75, 3.05) is 11.4 Å². The minimum atomic E-state index is -0.281. The highest BCUT2D eigenvalue weighted by molar-refractivity contribution is 6.00. The van der Waals surface area contributed by atoms with E-state index in [4.69, 9.17) is 0 Å². The van der Waals surface area contributed by atoms with Gasteiger partial charge in [-0.25, -0.2) is 0 Å². The molecule has 2 atom stereocenters. The van der Waals surface area contributed by atoms with Crippen LogP contribution in [0.4, 0.5) is 5.69 Å². The lowest BCUT2D eigenvalue weighted by Gasteiger charge is -2.21. The third-order valence-electron chi connectivity index (χ3n) is 5.46. The molecule has 4 nitrogen and oxygen atoms in total. The second kappa shape index (κ2) is 8.38. The van der Waals surface area contributed by atoms with Gasteiger partial charge in [-0.05, 0) is 56.4 Å². The fourth-order valence-corrected chi connectivity index (χ4v) is 3.60. The average Bonchev–Trinajstić information content (AvgIpc) is 3.05. The first-order valence-electron chi connectivity index (χ1n) is 9.66. The Hall–Kier alpha value is -2.62. The Morgan fingerprint density at radius 3 is 2.63 bits per heavy atom. The molecule has 0 spiro atoms. The van der Waals surface area contributed by atoms with E-state index in [1.165, 1.54) is 5.56 Å². The van der Waals surface area contributed by atoms with Crippen molar-refractivity contribution in [1.29, 1.82) is 0 Å². The van der Waals surface area contributed by atoms with Gasteiger partial charge < -0.3 is 10.2 Å². The predicted octanol–water partition coefficient (Wildman–Crippen LogP) is 3.79. The Morgan fingerprint density at radius 1 is 1.15 bits per heavy atom. The quantitative estimate of drug-likeness (QED) is 0.848. The highest BCUT2D eigenvalue weighted by Crippen LogP contribution is 2.29. The Morgan fingerprint density at radius 2 is 1.89 bits per heavy atom. The van der Waals surface area contributed by atoms with E-state index >= 15 is 0 Å². The third-order valence-corrected chi connectivity index (χ3v) is 5.46. The van der Waals surface area contributed by atoms with Gasteiger partial charge in [0.2, 0.25) is 11.8 Å². The lowest BCUT2D eigenvalue weighted by atomic mass is 10.0. The summed E-state index contributed by atoms with van der Waals surface area (Å²) in [5.74, 6) is -0.269. The smallest absolute Gasteiger partial charge is 0.227 e. The molecule has 142 valence electrons. The number of hydrogen-bond donors (Lipinski definition) is 1. The van der Waals surface area contributed by atoms with Gasteiger partial charge in [0.05, 0.1) is 5.92 Å². The lowest BCUT2D eigenvalue weighted by Crippen LogP contribution is -2.38. The predicted molar refractivity (Wildman–Crippen MR) is 109 cm³/mol. The van der Waals surface area contributed by atoms with E-state index in [1.54, 1.807) is 4.90 Å². The van der Waals surface area contributed by atoms with Crippen LogP contribution in [0.5, 0.6) is 0 Å². The van der Waals surface area contributed by atoms with Crippen LogP contribution in [-0.2, 0) is 16.0 Å². The molecule has 4 heteroatoms. The van der Waals surface area contributed by atoms with Gasteiger partial charge in [-0.3, -0.25) is 9.59 Å². The molecule has 27 heavy (non-hydrogen) atoms. The van der Waals surface area contributed by atoms with E-state index in [0.717, 1.165) is 29.7 Å². The van der Waals surface area contributed by atoms with Crippen molar-refractivity contribution in [3.63, 3.8) is 0 Å². The molecule has 1 aliphatic heterocycles. The molecule has 0 radical (unpaired) electrons. The number of rotatable bonds is 6. The fourth-order valence-electron chi connectivity index (χ4n) is 3.60. The van der Waals surface area contributed by atoms with Gasteiger partial charge in [0, 0.05) is 24.7 Å². The maximum Gasteiger partial charge on any atom is 0.227 e. The fraction of sp³-hybridized carbons (Fsp3) is 0.391. The Kier molecular flexibility index (Phi) is 5.94. The van der Waals surface area contributed by atoms with E-state index in [1.807, 2.05) is 57.2 Å². The first-order valence-corrected chi connectivity index (χ1v) is 9.66. The lowest BCUT2D eigenvalue weighted by molar-refractivity contribution is -0.126. The topological polar surface area (TPSA) is 49.4 Å². The van der Waals surface area contributed by atoms with Crippen LogP contribution in [0.15, 0.2) is 48.5 Å². The number of carbonyl (C=O) groups is 2. The first kappa shape index (κ1) is 19.2. The van der Waals surface area contributed by atoms with Gasteiger partial charge in [0.1, 0.15) is 0 Å². The summed E-state index contributed by atoms with van der Waals surface area (Å²) < 4.78 is 0. The molecule has 0 aliphatic carbocycles. The van der Waals surface area contributed by atoms with Crippen LogP contribution < -0.4 is 10.2 Å². The van der Waals surface area contributed by atoms with Gasteiger partial charge >= 0.3 is 0 Å². The first-order chi connectivity index (χ1) is 13.0. The maximum absolute atomic E-state index is 12.7. The molecule has 3 rings (SSSR count). The summed E-state index contributed by atoms with van der Waals surface area (Å²) in [6.45, 7) is 6.55. The molecule has 2 aromatic rings. The molecule has 0 bridgehead atoms. The van der Waals surface area contributed by atoms with Gasteiger partial charge in [0.15, 0.2) is 0 Å². The van der Waals surface area contributed by atoms with Crippen LogP contribution in [0, 0.1) is 19.8 Å². The van der Waals surface area contributed by atoms with Crippen LogP contribution in [0.1, 0.15) is 36.5 Å². The SMILES string of the molecule is Cc1cccc(N2C[C@@H](C(=O)N[C@H](C)CCc3ccccc3)CC2=O)c1C. The molecule has 1 saturated heterocycles. The molecule has 1 N–H and O–H groups in total. The summed E-state index contributed by atoms with van der Waals surface area (Å²) in [4.78, 5) is 26.9. The van der Waals surface area contributed by atoms with E-state index in [9.17, 15) is 9.59 Å². The zero-order chi connectivity index (χ0) is 19.4. The van der Waals surface area contributed by atoms with Crippen molar-refractivity contribution in [3.8, 4) is 0 Å². The number of amides is 2. The molecular weight excluding hydrogens is 336 g/mol. The molecule has 0 aromatic heterocycles. The number of hydrogen-bond acceptors (Lipinski definition) is 2. The number of nitrogens with one attached hydrogen (secondary N) is 1. The van der Waals surface area contributed by atoms with Crippen molar-refractivity contribution in [2.45, 2.75) is 46.1 Å². The van der Waals surface area contributed by atoms with Crippen molar-refractivity contribution in [2.24, 2.45) is 5.92 Å². The molecule has 1 fully saturated rings. The summed E-state index contributed by atoms with van der Waals surface area (Å²) in [7, 11) is 0. The monoisotopic (exact) mass is 364 g/mol. The number of benzene rings is 2. The summed E-state index contributed by atoms with van der Waals surface area (Å²) in [5, 5.41) is 3.09. The number of aryl methyl sites for hydroxylation is 2. The normalized spacial score (nSPS) is 17.8.